The number of carbonyl (C=O) groups excluding carboxylic acids is 1. The Morgan fingerprint density at radius 2 is 2.00 bits per heavy atom. The fraction of sp³-hybridized carbons (Fsp3) is 0.286. The Morgan fingerprint density at radius 3 is 2.61 bits per heavy atom. The van der Waals surface area contributed by atoms with Gasteiger partial charge in [-0.3, -0.25) is 4.79 Å². The predicted octanol–water partition coefficient (Wildman–Crippen LogP) is 3.03. The number of hydrogen-bond acceptors (Lipinski definition) is 2. The lowest BCUT2D eigenvalue weighted by molar-refractivity contribution is 0.0970. The molecule has 2 rings (SSSR count). The van der Waals surface area contributed by atoms with Crippen LogP contribution in [0.2, 0.25) is 0 Å². The molecule has 0 N–H and O–H groups in total. The minimum atomic E-state index is -0.336. The van der Waals surface area contributed by atoms with E-state index in [1.54, 1.807) is 12.4 Å². The number of hydrogen-bond donors (Lipinski definition) is 0. The summed E-state index contributed by atoms with van der Waals surface area (Å²) in [5.74, 6) is 0.762. The van der Waals surface area contributed by atoms with Crippen molar-refractivity contribution in [3.63, 3.8) is 0 Å². The van der Waals surface area contributed by atoms with Crippen LogP contribution in [0.3, 0.4) is 0 Å². The van der Waals surface area contributed by atoms with E-state index in [-0.39, 0.29) is 24.1 Å². The van der Waals surface area contributed by atoms with E-state index in [0.717, 1.165) is 5.82 Å². The predicted molar refractivity (Wildman–Crippen MR) is 67.0 cm³/mol. The molecular weight excluding hydrogens is 231 g/mol. The number of rotatable bonds is 4. The zero-order valence-electron chi connectivity index (χ0n) is 10.4. The Hall–Kier alpha value is -1.97. The molecule has 0 aliphatic rings. The average molecular weight is 246 g/mol. The van der Waals surface area contributed by atoms with Crippen molar-refractivity contribution in [2.24, 2.45) is 0 Å². The van der Waals surface area contributed by atoms with Gasteiger partial charge in [-0.25, -0.2) is 9.37 Å². The Labute approximate surface area is 105 Å². The molecule has 0 spiro atoms. The lowest BCUT2D eigenvalue weighted by Crippen LogP contribution is -2.13. The van der Waals surface area contributed by atoms with Gasteiger partial charge in [0.15, 0.2) is 5.78 Å². The summed E-state index contributed by atoms with van der Waals surface area (Å²) in [5, 5.41) is 0. The van der Waals surface area contributed by atoms with Gasteiger partial charge >= 0.3 is 0 Å². The first-order valence-corrected chi connectivity index (χ1v) is 5.87. The molecule has 0 aliphatic carbocycles. The van der Waals surface area contributed by atoms with Crippen molar-refractivity contribution in [1.29, 1.82) is 0 Å². The third-order valence-corrected chi connectivity index (χ3v) is 2.74. The van der Waals surface area contributed by atoms with E-state index in [9.17, 15) is 9.18 Å². The minimum absolute atomic E-state index is 0.0464. The fourth-order valence-electron chi connectivity index (χ4n) is 1.84. The van der Waals surface area contributed by atoms with Crippen LogP contribution in [-0.4, -0.2) is 15.3 Å². The molecule has 3 nitrogen and oxygen atoms in total. The molecule has 0 bridgehead atoms. The van der Waals surface area contributed by atoms with Gasteiger partial charge in [-0.05, 0) is 24.3 Å². The number of benzene rings is 1. The zero-order valence-corrected chi connectivity index (χ0v) is 10.4. The highest BCUT2D eigenvalue weighted by molar-refractivity contribution is 5.95. The standard InChI is InChI=1S/C14H15FN2O/c1-10(2)14-16-7-8-17(14)9-13(18)11-3-5-12(15)6-4-11/h3-8,10H,9H2,1-2H3. The Morgan fingerprint density at radius 1 is 1.33 bits per heavy atom. The Bertz CT molecular complexity index is 543. The van der Waals surface area contributed by atoms with Crippen LogP contribution in [0.1, 0.15) is 35.9 Å². The van der Waals surface area contributed by atoms with Crippen LogP contribution >= 0.6 is 0 Å². The molecule has 1 heterocycles. The molecule has 0 saturated carbocycles. The summed E-state index contributed by atoms with van der Waals surface area (Å²) in [6.07, 6.45) is 3.48. The van der Waals surface area contributed by atoms with E-state index in [1.807, 2.05) is 18.4 Å². The Balaban J connectivity index is 2.16. The first-order valence-electron chi connectivity index (χ1n) is 5.87. The zero-order chi connectivity index (χ0) is 13.1. The number of Topliss-reactive ketones (excluding diaryl/α,β-unsaturated/α-hetero) is 1. The summed E-state index contributed by atoms with van der Waals surface area (Å²) >= 11 is 0. The summed E-state index contributed by atoms with van der Waals surface area (Å²) < 4.78 is 14.6. The summed E-state index contributed by atoms with van der Waals surface area (Å²) in [6.45, 7) is 4.29. The first kappa shape index (κ1) is 12.5. The summed E-state index contributed by atoms with van der Waals surface area (Å²) in [5.41, 5.74) is 0.514. The van der Waals surface area contributed by atoms with Crippen molar-refractivity contribution >= 4 is 5.78 Å². The quantitative estimate of drug-likeness (QED) is 0.777. The van der Waals surface area contributed by atoms with E-state index in [0.29, 0.717) is 5.56 Å². The number of halogens is 1. The van der Waals surface area contributed by atoms with Gasteiger partial charge in [0, 0.05) is 23.9 Å². The number of ketones is 1. The van der Waals surface area contributed by atoms with E-state index < -0.39 is 0 Å². The van der Waals surface area contributed by atoms with Crippen molar-refractivity contribution < 1.29 is 9.18 Å². The van der Waals surface area contributed by atoms with Crippen molar-refractivity contribution in [1.82, 2.24) is 9.55 Å². The van der Waals surface area contributed by atoms with Crippen LogP contribution in [0.4, 0.5) is 4.39 Å². The average Bonchev–Trinajstić information content (AvgIpc) is 2.78. The lowest BCUT2D eigenvalue weighted by Gasteiger charge is -2.09. The molecular formula is C14H15FN2O. The molecule has 0 atom stereocenters. The molecule has 0 radical (unpaired) electrons. The van der Waals surface area contributed by atoms with Gasteiger partial charge in [0.1, 0.15) is 11.6 Å². The normalized spacial score (nSPS) is 10.9. The van der Waals surface area contributed by atoms with Gasteiger partial charge in [0.2, 0.25) is 0 Å². The topological polar surface area (TPSA) is 34.9 Å². The first-order chi connectivity index (χ1) is 8.58. The van der Waals surface area contributed by atoms with Crippen LogP contribution < -0.4 is 0 Å². The third-order valence-electron chi connectivity index (χ3n) is 2.74. The number of carbonyl (C=O) groups is 1. The highest BCUT2D eigenvalue weighted by Gasteiger charge is 2.12. The van der Waals surface area contributed by atoms with Crippen LogP contribution in [0, 0.1) is 5.82 Å². The van der Waals surface area contributed by atoms with Crippen LogP contribution in [0.5, 0.6) is 0 Å². The van der Waals surface area contributed by atoms with Gasteiger partial charge < -0.3 is 4.57 Å². The maximum Gasteiger partial charge on any atom is 0.182 e. The van der Waals surface area contributed by atoms with Gasteiger partial charge in [0.05, 0.1) is 6.54 Å². The maximum atomic E-state index is 12.8. The highest BCUT2D eigenvalue weighted by Crippen LogP contribution is 2.13. The van der Waals surface area contributed by atoms with E-state index in [4.69, 9.17) is 0 Å². The largest absolute Gasteiger partial charge is 0.327 e. The summed E-state index contributed by atoms with van der Waals surface area (Å²) in [6, 6.07) is 5.60. The molecule has 18 heavy (non-hydrogen) atoms. The highest BCUT2D eigenvalue weighted by atomic mass is 19.1. The second-order valence-electron chi connectivity index (χ2n) is 4.50. The number of imidazole rings is 1. The lowest BCUT2D eigenvalue weighted by atomic mass is 10.1. The molecule has 94 valence electrons. The fourth-order valence-corrected chi connectivity index (χ4v) is 1.84. The number of aromatic nitrogens is 2. The van der Waals surface area contributed by atoms with Gasteiger partial charge in [0.25, 0.3) is 0 Å². The maximum absolute atomic E-state index is 12.8. The molecule has 0 saturated heterocycles. The summed E-state index contributed by atoms with van der Waals surface area (Å²) in [4.78, 5) is 16.3. The van der Waals surface area contributed by atoms with Crippen molar-refractivity contribution in [3.05, 3.63) is 53.9 Å². The van der Waals surface area contributed by atoms with Gasteiger partial charge in [-0.1, -0.05) is 13.8 Å². The molecule has 0 aliphatic heterocycles. The second kappa shape index (κ2) is 5.12. The molecule has 1 aromatic heterocycles. The van der Waals surface area contributed by atoms with Crippen molar-refractivity contribution in [2.45, 2.75) is 26.3 Å². The van der Waals surface area contributed by atoms with Crippen molar-refractivity contribution in [3.8, 4) is 0 Å². The third kappa shape index (κ3) is 2.64. The van der Waals surface area contributed by atoms with E-state index in [2.05, 4.69) is 4.98 Å². The Kier molecular flexibility index (Phi) is 3.55. The van der Waals surface area contributed by atoms with Crippen LogP contribution in [0.25, 0.3) is 0 Å². The summed E-state index contributed by atoms with van der Waals surface area (Å²) in [7, 11) is 0. The SMILES string of the molecule is CC(C)c1nccn1CC(=O)c1ccc(F)cc1. The molecule has 4 heteroatoms. The smallest absolute Gasteiger partial charge is 0.182 e. The second-order valence-corrected chi connectivity index (χ2v) is 4.50. The van der Waals surface area contributed by atoms with E-state index >= 15 is 0 Å². The number of nitrogens with zero attached hydrogens (tertiary/aromatic N) is 2. The monoisotopic (exact) mass is 246 g/mol. The minimum Gasteiger partial charge on any atom is -0.327 e. The molecule has 0 amide bonds. The van der Waals surface area contributed by atoms with Gasteiger partial charge in [-0.2, -0.15) is 0 Å². The van der Waals surface area contributed by atoms with Crippen LogP contribution in [-0.2, 0) is 6.54 Å². The molecule has 0 unspecified atom stereocenters. The van der Waals surface area contributed by atoms with Crippen molar-refractivity contribution in [2.75, 3.05) is 0 Å². The molecule has 1 aromatic carbocycles. The molecule has 0 fully saturated rings. The van der Waals surface area contributed by atoms with E-state index in [1.165, 1.54) is 24.3 Å². The van der Waals surface area contributed by atoms with Crippen LogP contribution in [0.15, 0.2) is 36.7 Å². The van der Waals surface area contributed by atoms with Gasteiger partial charge in [-0.15, -0.1) is 0 Å². The molecule has 2 aromatic rings.